The number of aromatic nitrogens is 2. The minimum Gasteiger partial charge on any atom is -0.369 e. The molecule has 0 aliphatic rings. The number of hydrogen-bond acceptors (Lipinski definition) is 2. The van der Waals surface area contributed by atoms with Crippen LogP contribution in [-0.4, -0.2) is 9.97 Å². The van der Waals surface area contributed by atoms with E-state index in [-0.39, 0.29) is 5.95 Å². The summed E-state index contributed by atoms with van der Waals surface area (Å²) in [6, 6.07) is 5.08. The molecule has 0 radical (unpaired) electrons. The molecule has 3 nitrogen and oxygen atoms in total. The lowest BCUT2D eigenvalue weighted by Crippen LogP contribution is -1.85. The quantitative estimate of drug-likeness (QED) is 0.825. The van der Waals surface area contributed by atoms with E-state index in [0.717, 1.165) is 0 Å². The smallest absolute Gasteiger partial charge is 0.199 e. The Bertz CT molecular complexity index is 507. The van der Waals surface area contributed by atoms with Gasteiger partial charge in [0.15, 0.2) is 5.95 Å². The maximum Gasteiger partial charge on any atom is 0.199 e. The first-order chi connectivity index (χ1) is 7.08. The lowest BCUT2D eigenvalue weighted by molar-refractivity contribution is 1.33. The molecule has 78 valence electrons. The predicted molar refractivity (Wildman–Crippen MR) is 63.5 cm³/mol. The molecule has 6 heteroatoms. The van der Waals surface area contributed by atoms with E-state index < -0.39 is 0 Å². The molecule has 2 rings (SSSR count). The van der Waals surface area contributed by atoms with Gasteiger partial charge in [0.1, 0.15) is 10.8 Å². The Morgan fingerprint density at radius 3 is 2.47 bits per heavy atom. The van der Waals surface area contributed by atoms with Crippen LogP contribution in [-0.2, 0) is 0 Å². The van der Waals surface area contributed by atoms with E-state index in [1.807, 2.05) is 0 Å². The average Bonchev–Trinajstić information content (AvgIpc) is 2.45. The van der Waals surface area contributed by atoms with Gasteiger partial charge < -0.3 is 10.7 Å². The number of imidazole rings is 1. The minimum absolute atomic E-state index is 0.251. The summed E-state index contributed by atoms with van der Waals surface area (Å²) in [4.78, 5) is 6.72. The van der Waals surface area contributed by atoms with Crippen LogP contribution in [0.4, 0.5) is 5.95 Å². The van der Waals surface area contributed by atoms with E-state index in [4.69, 9.17) is 40.5 Å². The first-order valence-corrected chi connectivity index (χ1v) is 5.17. The number of rotatable bonds is 1. The molecular weight excluding hydrogens is 256 g/mol. The van der Waals surface area contributed by atoms with Crippen molar-refractivity contribution in [3.63, 3.8) is 0 Å². The van der Waals surface area contributed by atoms with Crippen LogP contribution >= 0.6 is 34.8 Å². The Balaban J connectivity index is 2.59. The summed E-state index contributed by atoms with van der Waals surface area (Å²) in [5.74, 6) is 0.251. The third kappa shape index (κ3) is 2.04. The van der Waals surface area contributed by atoms with Crippen LogP contribution in [0.2, 0.25) is 15.2 Å². The topological polar surface area (TPSA) is 54.7 Å². The summed E-state index contributed by atoms with van der Waals surface area (Å²) in [5.41, 5.74) is 6.69. The maximum atomic E-state index is 6.01. The highest BCUT2D eigenvalue weighted by Gasteiger charge is 2.12. The number of nitrogen functional groups attached to an aromatic ring is 1. The van der Waals surface area contributed by atoms with Crippen molar-refractivity contribution in [2.24, 2.45) is 0 Å². The van der Waals surface area contributed by atoms with Crippen LogP contribution in [0.1, 0.15) is 0 Å². The van der Waals surface area contributed by atoms with Crippen molar-refractivity contribution in [2.75, 3.05) is 5.73 Å². The van der Waals surface area contributed by atoms with Gasteiger partial charge in [-0.1, -0.05) is 34.8 Å². The van der Waals surface area contributed by atoms with Gasteiger partial charge in [-0.3, -0.25) is 0 Å². The Morgan fingerprint density at radius 1 is 1.20 bits per heavy atom. The summed E-state index contributed by atoms with van der Waals surface area (Å²) in [6.45, 7) is 0. The number of nitrogens with zero attached hydrogens (tertiary/aromatic N) is 1. The standard InChI is InChI=1S/C9H6Cl3N3/c10-4-1-2-5(6(11)3-4)7-8(12)15-9(13)14-7/h1-3H,(H3,13,14,15). The fourth-order valence-electron chi connectivity index (χ4n) is 1.23. The zero-order valence-corrected chi connectivity index (χ0v) is 9.66. The molecule has 0 atom stereocenters. The molecule has 2 aromatic rings. The van der Waals surface area contributed by atoms with E-state index in [9.17, 15) is 0 Å². The summed E-state index contributed by atoms with van der Waals surface area (Å²) in [5, 5.41) is 1.40. The monoisotopic (exact) mass is 261 g/mol. The van der Waals surface area contributed by atoms with Crippen LogP contribution in [0.5, 0.6) is 0 Å². The SMILES string of the molecule is Nc1nc(-c2ccc(Cl)cc2Cl)c(Cl)[nH]1. The number of aromatic amines is 1. The normalized spacial score (nSPS) is 10.6. The van der Waals surface area contributed by atoms with E-state index >= 15 is 0 Å². The number of benzene rings is 1. The van der Waals surface area contributed by atoms with Crippen LogP contribution in [0.25, 0.3) is 11.3 Å². The van der Waals surface area contributed by atoms with Crippen molar-refractivity contribution in [3.05, 3.63) is 33.4 Å². The molecule has 15 heavy (non-hydrogen) atoms. The highest BCUT2D eigenvalue weighted by atomic mass is 35.5. The van der Waals surface area contributed by atoms with Crippen LogP contribution in [0, 0.1) is 0 Å². The molecule has 3 N–H and O–H groups in total. The lowest BCUT2D eigenvalue weighted by Gasteiger charge is -2.01. The number of anilines is 1. The van der Waals surface area contributed by atoms with Crippen molar-refractivity contribution in [1.82, 2.24) is 9.97 Å². The fourth-order valence-corrected chi connectivity index (χ4v) is 1.97. The summed E-state index contributed by atoms with van der Waals surface area (Å²) in [7, 11) is 0. The number of halogens is 3. The van der Waals surface area contributed by atoms with Crippen molar-refractivity contribution < 1.29 is 0 Å². The van der Waals surface area contributed by atoms with Gasteiger partial charge in [0, 0.05) is 10.6 Å². The molecule has 1 heterocycles. The number of nitrogens with one attached hydrogen (secondary N) is 1. The summed E-state index contributed by atoms with van der Waals surface area (Å²) >= 11 is 17.7. The second-order valence-corrected chi connectivity index (χ2v) is 4.13. The lowest BCUT2D eigenvalue weighted by atomic mass is 10.2. The summed E-state index contributed by atoms with van der Waals surface area (Å²) < 4.78 is 0. The van der Waals surface area contributed by atoms with Crippen LogP contribution in [0.15, 0.2) is 18.2 Å². The number of hydrogen-bond donors (Lipinski definition) is 2. The first-order valence-electron chi connectivity index (χ1n) is 4.04. The molecule has 0 bridgehead atoms. The zero-order valence-electron chi connectivity index (χ0n) is 7.39. The molecule has 0 aliphatic carbocycles. The molecule has 0 spiro atoms. The van der Waals surface area contributed by atoms with Gasteiger partial charge in [-0.05, 0) is 18.2 Å². The minimum atomic E-state index is 0.251. The largest absolute Gasteiger partial charge is 0.369 e. The third-order valence-corrected chi connectivity index (χ3v) is 2.69. The van der Waals surface area contributed by atoms with Gasteiger partial charge in [-0.2, -0.15) is 0 Å². The van der Waals surface area contributed by atoms with Crippen LogP contribution < -0.4 is 5.73 Å². The van der Waals surface area contributed by atoms with Gasteiger partial charge in [0.2, 0.25) is 0 Å². The van der Waals surface area contributed by atoms with Crippen molar-refractivity contribution in [1.29, 1.82) is 0 Å². The van der Waals surface area contributed by atoms with Crippen molar-refractivity contribution in [2.45, 2.75) is 0 Å². The maximum absolute atomic E-state index is 6.01. The first kappa shape index (κ1) is 10.6. The highest BCUT2D eigenvalue weighted by molar-refractivity contribution is 6.37. The molecule has 1 aromatic carbocycles. The second kappa shape index (κ2) is 3.93. The second-order valence-electron chi connectivity index (χ2n) is 2.91. The fraction of sp³-hybridized carbons (Fsp3) is 0. The molecule has 0 amide bonds. The third-order valence-electron chi connectivity index (χ3n) is 1.86. The van der Waals surface area contributed by atoms with E-state index in [1.54, 1.807) is 18.2 Å². The van der Waals surface area contributed by atoms with Crippen molar-refractivity contribution in [3.8, 4) is 11.3 Å². The van der Waals surface area contributed by atoms with Gasteiger partial charge in [-0.15, -0.1) is 0 Å². The average molecular weight is 263 g/mol. The van der Waals surface area contributed by atoms with Crippen LogP contribution in [0.3, 0.4) is 0 Å². The molecule has 0 unspecified atom stereocenters. The predicted octanol–water partition coefficient (Wildman–Crippen LogP) is 3.62. The Kier molecular flexibility index (Phi) is 2.78. The van der Waals surface area contributed by atoms with Gasteiger partial charge in [0.05, 0.1) is 5.02 Å². The van der Waals surface area contributed by atoms with E-state index in [2.05, 4.69) is 9.97 Å². The Morgan fingerprint density at radius 2 is 1.93 bits per heavy atom. The Labute approximate surface area is 101 Å². The molecule has 1 aromatic heterocycles. The van der Waals surface area contributed by atoms with Gasteiger partial charge >= 0.3 is 0 Å². The number of nitrogens with two attached hydrogens (primary N) is 1. The molecule has 0 fully saturated rings. The van der Waals surface area contributed by atoms with Gasteiger partial charge in [-0.25, -0.2) is 4.98 Å². The van der Waals surface area contributed by atoms with E-state index in [1.165, 1.54) is 0 Å². The van der Waals surface area contributed by atoms with E-state index in [0.29, 0.717) is 26.5 Å². The highest BCUT2D eigenvalue weighted by Crippen LogP contribution is 2.33. The van der Waals surface area contributed by atoms with Gasteiger partial charge in [0.25, 0.3) is 0 Å². The van der Waals surface area contributed by atoms with Crippen molar-refractivity contribution >= 4 is 40.8 Å². The molecular formula is C9H6Cl3N3. The molecule has 0 saturated heterocycles. The Hall–Kier alpha value is -0.900. The molecule has 0 aliphatic heterocycles. The number of H-pyrrole nitrogens is 1. The summed E-state index contributed by atoms with van der Waals surface area (Å²) in [6.07, 6.45) is 0. The molecule has 0 saturated carbocycles. The zero-order chi connectivity index (χ0) is 11.0.